The summed E-state index contributed by atoms with van der Waals surface area (Å²) in [4.78, 5) is 32.9. The lowest BCUT2D eigenvalue weighted by Gasteiger charge is -2.15. The van der Waals surface area contributed by atoms with E-state index in [1.165, 1.54) is 0 Å². The van der Waals surface area contributed by atoms with E-state index in [0.29, 0.717) is 17.2 Å². The van der Waals surface area contributed by atoms with Gasteiger partial charge in [-0.3, -0.25) is 4.79 Å². The van der Waals surface area contributed by atoms with Crippen LogP contribution >= 0.6 is 0 Å². The third kappa shape index (κ3) is 5.62. The Labute approximate surface area is 168 Å². The van der Waals surface area contributed by atoms with Crippen LogP contribution in [0.4, 0.5) is 11.6 Å². The van der Waals surface area contributed by atoms with E-state index in [1.54, 1.807) is 24.3 Å². The number of nitrogens with zero attached hydrogens (tertiary/aromatic N) is 2. The van der Waals surface area contributed by atoms with Gasteiger partial charge in [0.15, 0.2) is 0 Å². The van der Waals surface area contributed by atoms with Gasteiger partial charge in [0.25, 0.3) is 5.91 Å². The first-order valence-corrected chi connectivity index (χ1v) is 9.17. The maximum absolute atomic E-state index is 12.6. The van der Waals surface area contributed by atoms with E-state index in [0.717, 1.165) is 17.0 Å². The highest BCUT2D eigenvalue weighted by Crippen LogP contribution is 2.16. The Bertz CT molecular complexity index is 1000. The number of carboxylic acid groups (broad SMARTS) is 1. The van der Waals surface area contributed by atoms with Crippen LogP contribution in [-0.2, 0) is 11.2 Å². The van der Waals surface area contributed by atoms with Crippen molar-refractivity contribution in [3.63, 3.8) is 0 Å². The lowest BCUT2D eigenvalue weighted by molar-refractivity contribution is -0.139. The van der Waals surface area contributed by atoms with Gasteiger partial charge in [0.1, 0.15) is 6.04 Å². The normalized spacial score (nSPS) is 11.5. The van der Waals surface area contributed by atoms with E-state index in [9.17, 15) is 14.7 Å². The second-order valence-corrected chi connectivity index (χ2v) is 6.73. The van der Waals surface area contributed by atoms with Crippen LogP contribution in [0.3, 0.4) is 0 Å². The maximum atomic E-state index is 12.6. The minimum atomic E-state index is -1.08. The molecule has 1 aromatic heterocycles. The van der Waals surface area contributed by atoms with Crippen molar-refractivity contribution < 1.29 is 14.7 Å². The molecule has 3 aromatic rings. The minimum absolute atomic E-state index is 0.205. The van der Waals surface area contributed by atoms with Gasteiger partial charge in [-0.2, -0.15) is 0 Å². The van der Waals surface area contributed by atoms with Gasteiger partial charge in [-0.1, -0.05) is 36.4 Å². The lowest BCUT2D eigenvalue weighted by atomic mass is 10.1. The molecule has 29 heavy (non-hydrogen) atoms. The van der Waals surface area contributed by atoms with E-state index < -0.39 is 17.9 Å². The van der Waals surface area contributed by atoms with Gasteiger partial charge in [0, 0.05) is 29.1 Å². The summed E-state index contributed by atoms with van der Waals surface area (Å²) in [6.07, 6.45) is 0.205. The molecule has 1 heterocycles. The summed E-state index contributed by atoms with van der Waals surface area (Å²) in [5.74, 6) is -1.11. The van der Waals surface area contributed by atoms with E-state index in [1.807, 2.05) is 50.2 Å². The SMILES string of the molecule is Cc1cc(C)nc(Nc2cccc(C(=O)NC(Cc3ccccc3)C(=O)O)c2)n1. The smallest absolute Gasteiger partial charge is 0.326 e. The number of rotatable bonds is 7. The summed E-state index contributed by atoms with van der Waals surface area (Å²) in [6, 6.07) is 16.8. The van der Waals surface area contributed by atoms with Crippen LogP contribution in [-0.4, -0.2) is 33.0 Å². The Kier molecular flexibility index (Phi) is 6.19. The summed E-state index contributed by atoms with van der Waals surface area (Å²) >= 11 is 0. The summed E-state index contributed by atoms with van der Waals surface area (Å²) in [5, 5.41) is 15.2. The monoisotopic (exact) mass is 390 g/mol. The number of aliphatic carboxylic acids is 1. The molecule has 3 N–H and O–H groups in total. The first-order valence-electron chi connectivity index (χ1n) is 9.17. The summed E-state index contributed by atoms with van der Waals surface area (Å²) < 4.78 is 0. The molecule has 0 aliphatic heterocycles. The quantitative estimate of drug-likeness (QED) is 0.572. The number of carboxylic acids is 1. The van der Waals surface area contributed by atoms with Crippen molar-refractivity contribution in [1.82, 2.24) is 15.3 Å². The zero-order chi connectivity index (χ0) is 20.8. The molecule has 3 rings (SSSR count). The number of aryl methyl sites for hydroxylation is 2. The Balaban J connectivity index is 1.73. The molecular formula is C22H22N4O3. The summed E-state index contributed by atoms with van der Waals surface area (Å²) in [6.45, 7) is 3.75. The molecule has 1 amide bonds. The predicted molar refractivity (Wildman–Crippen MR) is 110 cm³/mol. The average Bonchev–Trinajstić information content (AvgIpc) is 2.67. The second-order valence-electron chi connectivity index (χ2n) is 6.73. The van der Waals surface area contributed by atoms with Crippen LogP contribution in [0.15, 0.2) is 60.7 Å². The van der Waals surface area contributed by atoms with E-state index in [2.05, 4.69) is 20.6 Å². The van der Waals surface area contributed by atoms with Gasteiger partial charge in [0.2, 0.25) is 5.95 Å². The zero-order valence-corrected chi connectivity index (χ0v) is 16.2. The van der Waals surface area contributed by atoms with Crippen LogP contribution in [0.2, 0.25) is 0 Å². The van der Waals surface area contributed by atoms with Crippen molar-refractivity contribution in [2.75, 3.05) is 5.32 Å². The highest BCUT2D eigenvalue weighted by molar-refractivity contribution is 5.97. The largest absolute Gasteiger partial charge is 0.480 e. The van der Waals surface area contributed by atoms with E-state index in [-0.39, 0.29) is 6.42 Å². The number of benzene rings is 2. The van der Waals surface area contributed by atoms with Crippen molar-refractivity contribution in [1.29, 1.82) is 0 Å². The molecule has 0 fully saturated rings. The molecule has 7 heteroatoms. The summed E-state index contributed by atoms with van der Waals surface area (Å²) in [7, 11) is 0. The number of aromatic nitrogens is 2. The van der Waals surface area contributed by atoms with E-state index >= 15 is 0 Å². The molecule has 0 spiro atoms. The second kappa shape index (κ2) is 8.97. The third-order valence-corrected chi connectivity index (χ3v) is 4.25. The van der Waals surface area contributed by atoms with Crippen molar-refractivity contribution in [3.05, 3.63) is 83.2 Å². The minimum Gasteiger partial charge on any atom is -0.480 e. The third-order valence-electron chi connectivity index (χ3n) is 4.25. The van der Waals surface area contributed by atoms with Gasteiger partial charge in [-0.25, -0.2) is 14.8 Å². The zero-order valence-electron chi connectivity index (χ0n) is 16.2. The molecule has 0 aliphatic carbocycles. The molecule has 0 saturated heterocycles. The fourth-order valence-electron chi connectivity index (χ4n) is 2.94. The lowest BCUT2D eigenvalue weighted by Crippen LogP contribution is -2.42. The van der Waals surface area contributed by atoms with Gasteiger partial charge >= 0.3 is 5.97 Å². The summed E-state index contributed by atoms with van der Waals surface area (Å²) in [5.41, 5.74) is 3.48. The van der Waals surface area contributed by atoms with Crippen LogP contribution < -0.4 is 10.6 Å². The number of hydrogen-bond donors (Lipinski definition) is 3. The molecular weight excluding hydrogens is 368 g/mol. The van der Waals surface area contributed by atoms with E-state index in [4.69, 9.17) is 0 Å². The Morgan fingerprint density at radius 3 is 2.31 bits per heavy atom. The van der Waals surface area contributed by atoms with Crippen molar-refractivity contribution in [2.45, 2.75) is 26.3 Å². The Hall–Kier alpha value is -3.74. The number of carbonyl (C=O) groups is 2. The number of amides is 1. The van der Waals surface area contributed by atoms with Crippen LogP contribution in [0.25, 0.3) is 0 Å². The number of nitrogens with one attached hydrogen (secondary N) is 2. The Morgan fingerprint density at radius 2 is 1.66 bits per heavy atom. The fraction of sp³-hybridized carbons (Fsp3) is 0.182. The van der Waals surface area contributed by atoms with Gasteiger partial charge in [0.05, 0.1) is 0 Å². The highest BCUT2D eigenvalue weighted by atomic mass is 16.4. The molecule has 1 atom stereocenters. The standard InChI is InChI=1S/C22H22N4O3/c1-14-11-15(2)24-22(23-14)25-18-10-6-9-17(13-18)20(27)26-19(21(28)29)12-16-7-4-3-5-8-16/h3-11,13,19H,12H2,1-2H3,(H,26,27)(H,28,29)(H,23,24,25). The molecule has 0 bridgehead atoms. The molecule has 148 valence electrons. The van der Waals surface area contributed by atoms with Gasteiger partial charge in [-0.15, -0.1) is 0 Å². The molecule has 0 aliphatic rings. The fourth-order valence-corrected chi connectivity index (χ4v) is 2.94. The average molecular weight is 390 g/mol. The number of anilines is 2. The van der Waals surface area contributed by atoms with Crippen molar-refractivity contribution in [3.8, 4) is 0 Å². The molecule has 7 nitrogen and oxygen atoms in total. The number of carbonyl (C=O) groups excluding carboxylic acids is 1. The Morgan fingerprint density at radius 1 is 0.966 bits per heavy atom. The molecule has 0 saturated carbocycles. The topological polar surface area (TPSA) is 104 Å². The van der Waals surface area contributed by atoms with Crippen LogP contribution in [0.1, 0.15) is 27.3 Å². The van der Waals surface area contributed by atoms with Crippen molar-refractivity contribution in [2.24, 2.45) is 0 Å². The first-order chi connectivity index (χ1) is 13.9. The van der Waals surface area contributed by atoms with Gasteiger partial charge < -0.3 is 15.7 Å². The number of hydrogen-bond acceptors (Lipinski definition) is 5. The first kappa shape index (κ1) is 20.0. The van der Waals surface area contributed by atoms with Crippen molar-refractivity contribution >= 4 is 23.5 Å². The predicted octanol–water partition coefficient (Wildman–Crippen LogP) is 3.26. The molecule has 2 aromatic carbocycles. The van der Waals surface area contributed by atoms with Crippen LogP contribution in [0, 0.1) is 13.8 Å². The highest BCUT2D eigenvalue weighted by Gasteiger charge is 2.21. The maximum Gasteiger partial charge on any atom is 0.326 e. The van der Waals surface area contributed by atoms with Crippen LogP contribution in [0.5, 0.6) is 0 Å². The molecule has 0 radical (unpaired) electrons. The molecule has 1 unspecified atom stereocenters. The van der Waals surface area contributed by atoms with Gasteiger partial charge in [-0.05, 0) is 43.7 Å².